The zero-order valence-corrected chi connectivity index (χ0v) is 12.1. The minimum absolute atomic E-state index is 0.242. The first-order valence-electron chi connectivity index (χ1n) is 5.63. The number of benzene rings is 1. The van der Waals surface area contributed by atoms with Crippen LogP contribution in [0.4, 0.5) is 4.79 Å². The van der Waals surface area contributed by atoms with Crippen LogP contribution in [0.15, 0.2) is 34.7 Å². The molecular weight excluding hydrogens is 302 g/mol. The van der Waals surface area contributed by atoms with E-state index in [9.17, 15) is 13.2 Å². The second-order valence-electron chi connectivity index (χ2n) is 3.62. The van der Waals surface area contributed by atoms with Gasteiger partial charge in [0.2, 0.25) is 0 Å². The number of hydrogen-bond donors (Lipinski definition) is 1. The number of carbonyl (C=O) groups is 1. The lowest BCUT2D eigenvalue weighted by Gasteiger charge is -2.05. The summed E-state index contributed by atoms with van der Waals surface area (Å²) in [5.74, 6) is 0.242. The van der Waals surface area contributed by atoms with Gasteiger partial charge in [-0.2, -0.15) is 8.42 Å². The molecule has 0 bridgehead atoms. The molecule has 0 unspecified atom stereocenters. The minimum Gasteiger partial charge on any atom is -0.410 e. The Hall–Kier alpha value is -2.00. The predicted molar refractivity (Wildman–Crippen MR) is 72.1 cm³/mol. The summed E-state index contributed by atoms with van der Waals surface area (Å²) in [6.45, 7) is 1.83. The fraction of sp³-hybridized carbons (Fsp3) is 0.182. The second-order valence-corrected chi connectivity index (χ2v) is 6.54. The number of hydrogen-bond acceptors (Lipinski definition) is 7. The molecule has 0 aliphatic carbocycles. The molecule has 0 saturated heterocycles. The number of nitrogens with one attached hydrogen (secondary N) is 1. The molecule has 2 rings (SSSR count). The van der Waals surface area contributed by atoms with E-state index in [1.807, 2.05) is 6.92 Å². The molecule has 1 amide bonds. The Bertz CT molecular complexity index is 697. The molecule has 7 nitrogen and oxygen atoms in total. The smallest absolute Gasteiger partial charge is 0.410 e. The van der Waals surface area contributed by atoms with Gasteiger partial charge in [0.25, 0.3) is 14.4 Å². The van der Waals surface area contributed by atoms with Crippen molar-refractivity contribution in [3.63, 3.8) is 0 Å². The van der Waals surface area contributed by atoms with Gasteiger partial charge < -0.3 is 4.74 Å². The monoisotopic (exact) mass is 313 g/mol. The molecule has 9 heteroatoms. The van der Waals surface area contributed by atoms with E-state index in [1.54, 1.807) is 22.9 Å². The van der Waals surface area contributed by atoms with Crippen molar-refractivity contribution in [2.24, 2.45) is 0 Å². The summed E-state index contributed by atoms with van der Waals surface area (Å²) >= 11 is 0.908. The van der Waals surface area contributed by atoms with E-state index in [4.69, 9.17) is 4.74 Å². The third-order valence-electron chi connectivity index (χ3n) is 2.15. The first-order chi connectivity index (χ1) is 9.51. The molecule has 0 saturated carbocycles. The van der Waals surface area contributed by atoms with Gasteiger partial charge in [0.05, 0.1) is 0 Å². The van der Waals surface area contributed by atoms with Gasteiger partial charge in [0.1, 0.15) is 10.8 Å². The maximum atomic E-state index is 11.9. The van der Waals surface area contributed by atoms with Gasteiger partial charge in [0, 0.05) is 0 Å². The number of sulfonamides is 1. The first-order valence-corrected chi connectivity index (χ1v) is 7.93. The number of ether oxygens (including phenoxy) is 1. The molecule has 1 aromatic heterocycles. The Morgan fingerprint density at radius 2 is 2.00 bits per heavy atom. The molecule has 1 N–H and O–H groups in total. The molecule has 0 spiro atoms. The van der Waals surface area contributed by atoms with Crippen molar-refractivity contribution in [3.05, 3.63) is 35.3 Å². The van der Waals surface area contributed by atoms with E-state index in [0.29, 0.717) is 11.4 Å². The second kappa shape index (κ2) is 5.97. The van der Waals surface area contributed by atoms with Crippen LogP contribution in [0.5, 0.6) is 5.75 Å². The van der Waals surface area contributed by atoms with Crippen LogP contribution in [-0.4, -0.2) is 24.7 Å². The van der Waals surface area contributed by atoms with Gasteiger partial charge in [-0.1, -0.05) is 36.5 Å². The van der Waals surface area contributed by atoms with E-state index in [-0.39, 0.29) is 10.1 Å². The van der Waals surface area contributed by atoms with Crippen LogP contribution < -0.4 is 9.46 Å². The lowest BCUT2D eigenvalue weighted by Crippen LogP contribution is -2.33. The van der Waals surface area contributed by atoms with Gasteiger partial charge in [-0.05, 0) is 18.6 Å². The number of para-hydroxylation sites is 1. The normalized spacial score (nSPS) is 11.1. The van der Waals surface area contributed by atoms with Crippen molar-refractivity contribution in [1.82, 2.24) is 14.9 Å². The Kier molecular flexibility index (Phi) is 4.30. The zero-order chi connectivity index (χ0) is 14.6. The molecule has 0 radical (unpaired) electrons. The van der Waals surface area contributed by atoms with E-state index >= 15 is 0 Å². The van der Waals surface area contributed by atoms with Crippen LogP contribution in [0.1, 0.15) is 11.9 Å². The molecule has 0 fully saturated rings. The molecular formula is C11H11N3O4S2. The van der Waals surface area contributed by atoms with Crippen LogP contribution in [0.2, 0.25) is 0 Å². The summed E-state index contributed by atoms with van der Waals surface area (Å²) < 4.78 is 30.1. The van der Waals surface area contributed by atoms with Crippen molar-refractivity contribution in [2.75, 3.05) is 0 Å². The molecule has 1 aromatic carbocycles. The summed E-state index contributed by atoms with van der Waals surface area (Å²) in [6, 6.07) is 8.14. The van der Waals surface area contributed by atoms with Gasteiger partial charge in [0.15, 0.2) is 0 Å². The third kappa shape index (κ3) is 3.52. The number of nitrogens with zero attached hydrogens (tertiary/aromatic N) is 2. The van der Waals surface area contributed by atoms with Crippen LogP contribution >= 0.6 is 11.3 Å². The molecule has 20 heavy (non-hydrogen) atoms. The summed E-state index contributed by atoms with van der Waals surface area (Å²) in [5.41, 5.74) is 0. The summed E-state index contributed by atoms with van der Waals surface area (Å²) in [5, 5.41) is 7.79. The van der Waals surface area contributed by atoms with Crippen LogP contribution in [-0.2, 0) is 16.4 Å². The lowest BCUT2D eigenvalue weighted by atomic mass is 10.3. The highest BCUT2D eigenvalue weighted by Gasteiger charge is 2.23. The number of carbonyl (C=O) groups excluding carboxylic acids is 1. The van der Waals surface area contributed by atoms with Crippen molar-refractivity contribution < 1.29 is 17.9 Å². The summed E-state index contributed by atoms with van der Waals surface area (Å²) in [7, 11) is -4.05. The van der Waals surface area contributed by atoms with Crippen LogP contribution in [0.3, 0.4) is 0 Å². The molecule has 0 atom stereocenters. The number of aryl methyl sites for hydroxylation is 1. The van der Waals surface area contributed by atoms with Crippen LogP contribution in [0, 0.1) is 0 Å². The third-order valence-corrected chi connectivity index (χ3v) is 4.90. The molecule has 0 aliphatic heterocycles. The number of rotatable bonds is 4. The highest BCUT2D eigenvalue weighted by atomic mass is 32.2. The van der Waals surface area contributed by atoms with Gasteiger partial charge in [-0.15, -0.1) is 10.2 Å². The Labute approximate surface area is 119 Å². The Balaban J connectivity index is 2.06. The average Bonchev–Trinajstić information content (AvgIpc) is 2.88. The summed E-state index contributed by atoms with van der Waals surface area (Å²) in [4.78, 5) is 11.5. The highest BCUT2D eigenvalue weighted by Crippen LogP contribution is 2.16. The van der Waals surface area contributed by atoms with E-state index in [2.05, 4.69) is 10.2 Å². The summed E-state index contributed by atoms with van der Waals surface area (Å²) in [6.07, 6.45) is -0.522. The fourth-order valence-corrected chi connectivity index (χ4v) is 3.12. The number of amides is 1. The maximum Gasteiger partial charge on any atom is 0.426 e. The van der Waals surface area contributed by atoms with Gasteiger partial charge in [-0.3, -0.25) is 0 Å². The molecule has 1 heterocycles. The molecule has 0 aliphatic rings. The lowest BCUT2D eigenvalue weighted by molar-refractivity contribution is 0.207. The topological polar surface area (TPSA) is 98.3 Å². The Morgan fingerprint density at radius 1 is 1.30 bits per heavy atom. The van der Waals surface area contributed by atoms with E-state index in [0.717, 1.165) is 11.3 Å². The van der Waals surface area contributed by atoms with Crippen molar-refractivity contribution in [2.45, 2.75) is 17.7 Å². The van der Waals surface area contributed by atoms with Crippen molar-refractivity contribution in [1.29, 1.82) is 0 Å². The maximum absolute atomic E-state index is 11.9. The van der Waals surface area contributed by atoms with Crippen LogP contribution in [0.25, 0.3) is 0 Å². The van der Waals surface area contributed by atoms with E-state index < -0.39 is 16.1 Å². The SMILES string of the molecule is CCc1nnc(S(=O)(=O)NC(=O)Oc2ccccc2)s1. The average molecular weight is 313 g/mol. The predicted octanol–water partition coefficient (Wildman–Crippen LogP) is 1.58. The fourth-order valence-electron chi connectivity index (χ4n) is 1.26. The highest BCUT2D eigenvalue weighted by molar-refractivity contribution is 7.92. The van der Waals surface area contributed by atoms with Gasteiger partial charge >= 0.3 is 6.09 Å². The molecule has 2 aromatic rings. The van der Waals surface area contributed by atoms with Crippen molar-refractivity contribution >= 4 is 27.5 Å². The Morgan fingerprint density at radius 3 is 2.60 bits per heavy atom. The first kappa shape index (κ1) is 14.4. The van der Waals surface area contributed by atoms with Crippen molar-refractivity contribution in [3.8, 4) is 5.75 Å². The molecule has 106 valence electrons. The van der Waals surface area contributed by atoms with Gasteiger partial charge in [-0.25, -0.2) is 9.52 Å². The largest absolute Gasteiger partial charge is 0.426 e. The minimum atomic E-state index is -4.05. The van der Waals surface area contributed by atoms with E-state index in [1.165, 1.54) is 12.1 Å². The number of aromatic nitrogens is 2. The quantitative estimate of drug-likeness (QED) is 0.920. The zero-order valence-electron chi connectivity index (χ0n) is 10.4. The standard InChI is InChI=1S/C11H11N3O4S2/c1-2-9-12-13-11(19-9)20(16,17)14-10(15)18-8-6-4-3-5-7-8/h3-7H,2H2,1H3,(H,14,15).